The van der Waals surface area contributed by atoms with E-state index in [4.69, 9.17) is 0 Å². The fourth-order valence-electron chi connectivity index (χ4n) is 3.14. The summed E-state index contributed by atoms with van der Waals surface area (Å²) in [7, 11) is 0. The minimum atomic E-state index is -4.34. The van der Waals surface area contributed by atoms with Gasteiger partial charge in [-0.05, 0) is 36.0 Å². The molecule has 1 aliphatic heterocycles. The number of hydrogen-bond acceptors (Lipinski definition) is 2. The van der Waals surface area contributed by atoms with E-state index in [1.54, 1.807) is 0 Å². The molecule has 3 atom stereocenters. The lowest BCUT2D eigenvalue weighted by atomic mass is 9.90. The Labute approximate surface area is 123 Å². The van der Waals surface area contributed by atoms with Gasteiger partial charge in [-0.1, -0.05) is 26.0 Å². The summed E-state index contributed by atoms with van der Waals surface area (Å²) in [5.41, 5.74) is -0.0462. The van der Waals surface area contributed by atoms with Crippen LogP contribution in [0.4, 0.5) is 13.2 Å². The predicted octanol–water partition coefficient (Wildman–Crippen LogP) is 4.25. The molecule has 114 valence electrons. The maximum Gasteiger partial charge on any atom is 0.416 e. The molecule has 1 aromatic rings. The first-order chi connectivity index (χ1) is 9.81. The predicted molar refractivity (Wildman–Crippen MR) is 74.3 cm³/mol. The van der Waals surface area contributed by atoms with Gasteiger partial charge in [0, 0.05) is 13.1 Å². The van der Waals surface area contributed by atoms with Gasteiger partial charge in [-0.3, -0.25) is 4.90 Å². The van der Waals surface area contributed by atoms with Crippen molar-refractivity contribution in [1.82, 2.24) is 4.90 Å². The molecule has 1 aliphatic rings. The lowest BCUT2D eigenvalue weighted by Gasteiger charge is -2.37. The molecule has 1 saturated heterocycles. The van der Waals surface area contributed by atoms with Crippen molar-refractivity contribution in [2.24, 2.45) is 11.8 Å². The Kier molecular flexibility index (Phi) is 4.58. The van der Waals surface area contributed by atoms with E-state index in [1.165, 1.54) is 12.1 Å². The highest BCUT2D eigenvalue weighted by atomic mass is 19.4. The molecule has 0 N–H and O–H groups in total. The highest BCUT2D eigenvalue weighted by molar-refractivity contribution is 5.29. The van der Waals surface area contributed by atoms with E-state index in [0.29, 0.717) is 17.4 Å². The molecule has 2 nitrogen and oxygen atoms in total. The van der Waals surface area contributed by atoms with Gasteiger partial charge in [0.2, 0.25) is 0 Å². The molecule has 0 radical (unpaired) electrons. The van der Waals surface area contributed by atoms with Gasteiger partial charge in [0.1, 0.15) is 6.04 Å². The van der Waals surface area contributed by atoms with E-state index >= 15 is 0 Å². The molecule has 2 rings (SSSR count). The van der Waals surface area contributed by atoms with Crippen LogP contribution in [0.15, 0.2) is 24.3 Å². The first kappa shape index (κ1) is 15.8. The molecule has 0 saturated carbocycles. The standard InChI is InChI=1S/C16H19F3N2/c1-11-7-12(2)10-21(9-11)15(8-20)13-3-5-14(6-4-13)16(17,18)19/h3-6,11-12,15H,7,9-10H2,1-2H3. The van der Waals surface area contributed by atoms with E-state index in [1.807, 2.05) is 0 Å². The summed E-state index contributed by atoms with van der Waals surface area (Å²) in [5.74, 6) is 0.998. The number of likely N-dealkylation sites (tertiary alicyclic amines) is 1. The van der Waals surface area contributed by atoms with Crippen molar-refractivity contribution in [2.75, 3.05) is 13.1 Å². The second-order valence-electron chi connectivity index (χ2n) is 6.05. The van der Waals surface area contributed by atoms with Crippen molar-refractivity contribution in [2.45, 2.75) is 32.5 Å². The molecule has 0 amide bonds. The second-order valence-corrected chi connectivity index (χ2v) is 6.05. The van der Waals surface area contributed by atoms with Crippen LogP contribution < -0.4 is 0 Å². The van der Waals surface area contributed by atoms with Crippen LogP contribution >= 0.6 is 0 Å². The SMILES string of the molecule is CC1CC(C)CN(C(C#N)c2ccc(C(F)(F)F)cc2)C1. The maximum atomic E-state index is 12.6. The summed E-state index contributed by atoms with van der Waals surface area (Å²) < 4.78 is 37.8. The fraction of sp³-hybridized carbons (Fsp3) is 0.562. The fourth-order valence-corrected chi connectivity index (χ4v) is 3.14. The van der Waals surface area contributed by atoms with Gasteiger partial charge in [0.15, 0.2) is 0 Å². The lowest BCUT2D eigenvalue weighted by Crippen LogP contribution is -2.40. The van der Waals surface area contributed by atoms with Crippen LogP contribution in [0.2, 0.25) is 0 Å². The molecule has 21 heavy (non-hydrogen) atoms. The third kappa shape index (κ3) is 3.76. The van der Waals surface area contributed by atoms with Gasteiger partial charge in [-0.25, -0.2) is 0 Å². The molecule has 5 heteroatoms. The summed E-state index contributed by atoms with van der Waals surface area (Å²) in [6.07, 6.45) is -3.21. The van der Waals surface area contributed by atoms with Crippen molar-refractivity contribution >= 4 is 0 Å². The van der Waals surface area contributed by atoms with Crippen molar-refractivity contribution in [1.29, 1.82) is 5.26 Å². The zero-order valence-electron chi connectivity index (χ0n) is 12.2. The minimum absolute atomic E-state index is 0.475. The molecule has 0 aliphatic carbocycles. The molecule has 1 aromatic carbocycles. The van der Waals surface area contributed by atoms with Crippen molar-refractivity contribution in [3.63, 3.8) is 0 Å². The lowest BCUT2D eigenvalue weighted by molar-refractivity contribution is -0.137. The van der Waals surface area contributed by atoms with Crippen LogP contribution in [0, 0.1) is 23.2 Å². The van der Waals surface area contributed by atoms with Crippen LogP contribution in [0.25, 0.3) is 0 Å². The van der Waals surface area contributed by atoms with Crippen LogP contribution in [-0.4, -0.2) is 18.0 Å². The van der Waals surface area contributed by atoms with E-state index in [-0.39, 0.29) is 0 Å². The van der Waals surface area contributed by atoms with E-state index < -0.39 is 17.8 Å². The molecule has 1 fully saturated rings. The molecular weight excluding hydrogens is 277 g/mol. The summed E-state index contributed by atoms with van der Waals surface area (Å²) in [6, 6.07) is 6.70. The highest BCUT2D eigenvalue weighted by Crippen LogP contribution is 2.32. The zero-order chi connectivity index (χ0) is 15.6. The Morgan fingerprint density at radius 2 is 1.67 bits per heavy atom. The average Bonchev–Trinajstić information content (AvgIpc) is 2.38. The Balaban J connectivity index is 2.20. The smallest absolute Gasteiger partial charge is 0.284 e. The van der Waals surface area contributed by atoms with Gasteiger partial charge in [0.05, 0.1) is 11.6 Å². The maximum absolute atomic E-state index is 12.6. The number of hydrogen-bond donors (Lipinski definition) is 0. The number of nitriles is 1. The van der Waals surface area contributed by atoms with E-state index in [2.05, 4.69) is 24.8 Å². The number of benzene rings is 1. The normalized spacial score (nSPS) is 25.3. The van der Waals surface area contributed by atoms with E-state index in [9.17, 15) is 18.4 Å². The van der Waals surface area contributed by atoms with Crippen LogP contribution in [0.3, 0.4) is 0 Å². The summed E-state index contributed by atoms with van der Waals surface area (Å²) >= 11 is 0. The van der Waals surface area contributed by atoms with Crippen molar-refractivity contribution < 1.29 is 13.2 Å². The van der Waals surface area contributed by atoms with Crippen molar-refractivity contribution in [3.05, 3.63) is 35.4 Å². The highest BCUT2D eigenvalue weighted by Gasteiger charge is 2.32. The van der Waals surface area contributed by atoms with Crippen LogP contribution in [0.1, 0.15) is 37.4 Å². The van der Waals surface area contributed by atoms with Gasteiger partial charge in [0.25, 0.3) is 0 Å². The largest absolute Gasteiger partial charge is 0.416 e. The zero-order valence-corrected chi connectivity index (χ0v) is 12.2. The van der Waals surface area contributed by atoms with Crippen LogP contribution in [0.5, 0.6) is 0 Å². The van der Waals surface area contributed by atoms with Gasteiger partial charge in [-0.2, -0.15) is 18.4 Å². The molecule has 1 heterocycles. The number of rotatable bonds is 2. The molecule has 0 aromatic heterocycles. The number of piperidine rings is 1. The second kappa shape index (κ2) is 6.07. The van der Waals surface area contributed by atoms with E-state index in [0.717, 1.165) is 31.6 Å². The van der Waals surface area contributed by atoms with Crippen molar-refractivity contribution in [3.8, 4) is 6.07 Å². The molecular formula is C16H19F3N2. The number of halogens is 3. The summed E-state index contributed by atoms with van der Waals surface area (Å²) in [4.78, 5) is 2.07. The summed E-state index contributed by atoms with van der Waals surface area (Å²) in [5, 5.41) is 9.42. The average molecular weight is 296 g/mol. The molecule has 0 bridgehead atoms. The Morgan fingerprint density at radius 3 is 2.10 bits per heavy atom. The topological polar surface area (TPSA) is 27.0 Å². The van der Waals surface area contributed by atoms with Gasteiger partial charge < -0.3 is 0 Å². The molecule has 3 unspecified atom stereocenters. The Bertz CT molecular complexity index is 506. The molecule has 0 spiro atoms. The third-order valence-electron chi connectivity index (χ3n) is 3.94. The number of alkyl halides is 3. The third-order valence-corrected chi connectivity index (χ3v) is 3.94. The minimum Gasteiger partial charge on any atom is -0.284 e. The quantitative estimate of drug-likeness (QED) is 0.816. The summed E-state index contributed by atoms with van der Waals surface area (Å²) in [6.45, 7) is 5.90. The first-order valence-electron chi connectivity index (χ1n) is 7.12. The monoisotopic (exact) mass is 296 g/mol. The Morgan fingerprint density at radius 1 is 1.14 bits per heavy atom. The van der Waals surface area contributed by atoms with Gasteiger partial charge >= 0.3 is 6.18 Å². The Hall–Kier alpha value is -1.54. The van der Waals surface area contributed by atoms with Gasteiger partial charge in [-0.15, -0.1) is 0 Å². The number of nitrogens with zero attached hydrogens (tertiary/aromatic N) is 2. The first-order valence-corrected chi connectivity index (χ1v) is 7.12. The van der Waals surface area contributed by atoms with Crippen LogP contribution in [-0.2, 0) is 6.18 Å².